The summed E-state index contributed by atoms with van der Waals surface area (Å²) in [6, 6.07) is 14.7. The van der Waals surface area contributed by atoms with Crippen molar-refractivity contribution in [2.24, 2.45) is 4.99 Å². The maximum Gasteiger partial charge on any atom is 0.264 e. The van der Waals surface area contributed by atoms with Crippen molar-refractivity contribution in [2.75, 3.05) is 6.61 Å². The fourth-order valence-electron chi connectivity index (χ4n) is 2.10. The third-order valence-corrected chi connectivity index (χ3v) is 4.50. The van der Waals surface area contributed by atoms with Gasteiger partial charge in [-0.15, -0.1) is 0 Å². The number of para-hydroxylation sites is 1. The Hall–Kier alpha value is -2.50. The zero-order chi connectivity index (χ0) is 17.6. The summed E-state index contributed by atoms with van der Waals surface area (Å²) < 4.78 is 5.44. The van der Waals surface area contributed by atoms with Crippen LogP contribution in [-0.4, -0.2) is 17.7 Å². The van der Waals surface area contributed by atoms with Crippen LogP contribution in [0.15, 0.2) is 71.1 Å². The zero-order valence-electron chi connectivity index (χ0n) is 13.2. The maximum atomic E-state index is 12.1. The molecule has 0 radical (unpaired) electrons. The van der Waals surface area contributed by atoms with Gasteiger partial charge in [0.25, 0.3) is 5.91 Å². The van der Waals surface area contributed by atoms with Gasteiger partial charge in [0, 0.05) is 0 Å². The third kappa shape index (κ3) is 4.53. The van der Waals surface area contributed by atoms with Crippen molar-refractivity contribution in [1.82, 2.24) is 5.32 Å². The normalized spacial score (nSPS) is 16.9. The monoisotopic (exact) mass is 370 g/mol. The molecule has 0 aromatic heterocycles. The molecular weight excluding hydrogens is 356 g/mol. The van der Waals surface area contributed by atoms with Crippen LogP contribution in [0.3, 0.4) is 0 Å². The number of nitrogens with one attached hydrogen (secondary N) is 1. The number of nitrogens with zero attached hydrogens (tertiary/aromatic N) is 1. The largest absolute Gasteiger partial charge is 0.490 e. The molecule has 2 aromatic carbocycles. The van der Waals surface area contributed by atoms with Crippen molar-refractivity contribution in [3.8, 4) is 5.75 Å². The standard InChI is InChI=1S/C19H15ClN2O2S/c1-2-11-24-14-9-7-13(8-10-14)12-17-18(23)22-19(25-17)21-16-6-4-3-5-15(16)20/h2-10,12H,1,11H2,(H,21,22,23). The van der Waals surface area contributed by atoms with Crippen molar-refractivity contribution in [3.05, 3.63) is 76.7 Å². The molecule has 1 N–H and O–H groups in total. The van der Waals surface area contributed by atoms with E-state index in [0.717, 1.165) is 11.3 Å². The fraction of sp³-hybridized carbons (Fsp3) is 0.0526. The Morgan fingerprint density at radius 3 is 2.68 bits per heavy atom. The lowest BCUT2D eigenvalue weighted by Gasteiger charge is -2.03. The second-order valence-electron chi connectivity index (χ2n) is 5.10. The molecule has 0 atom stereocenters. The summed E-state index contributed by atoms with van der Waals surface area (Å²) in [7, 11) is 0. The van der Waals surface area contributed by atoms with Gasteiger partial charge in [-0.25, -0.2) is 4.99 Å². The molecule has 2 aromatic rings. The molecule has 1 heterocycles. The highest BCUT2D eigenvalue weighted by Crippen LogP contribution is 2.30. The number of ether oxygens (including phenoxy) is 1. The van der Waals surface area contributed by atoms with Gasteiger partial charge >= 0.3 is 0 Å². The number of rotatable bonds is 5. The fourth-order valence-corrected chi connectivity index (χ4v) is 3.11. The van der Waals surface area contributed by atoms with Crippen molar-refractivity contribution >= 4 is 46.2 Å². The second kappa shape index (κ2) is 8.05. The molecule has 1 fully saturated rings. The van der Waals surface area contributed by atoms with Crippen molar-refractivity contribution < 1.29 is 9.53 Å². The number of hydrogen-bond acceptors (Lipinski definition) is 4. The zero-order valence-corrected chi connectivity index (χ0v) is 14.8. The van der Waals surface area contributed by atoms with Crippen LogP contribution in [-0.2, 0) is 4.79 Å². The van der Waals surface area contributed by atoms with Gasteiger partial charge < -0.3 is 10.1 Å². The molecule has 25 heavy (non-hydrogen) atoms. The van der Waals surface area contributed by atoms with Gasteiger partial charge in [0.2, 0.25) is 0 Å². The van der Waals surface area contributed by atoms with Gasteiger partial charge in [-0.1, -0.05) is 48.5 Å². The number of halogens is 1. The number of amides is 1. The van der Waals surface area contributed by atoms with Crippen LogP contribution in [0, 0.1) is 0 Å². The molecule has 1 aliphatic heterocycles. The summed E-state index contributed by atoms with van der Waals surface area (Å²) in [5.41, 5.74) is 1.53. The molecule has 3 rings (SSSR count). The smallest absolute Gasteiger partial charge is 0.264 e. The highest BCUT2D eigenvalue weighted by atomic mass is 35.5. The first-order valence-corrected chi connectivity index (χ1v) is 8.73. The number of carbonyl (C=O) groups excluding carboxylic acids is 1. The predicted molar refractivity (Wildman–Crippen MR) is 104 cm³/mol. The lowest BCUT2D eigenvalue weighted by atomic mass is 10.2. The summed E-state index contributed by atoms with van der Waals surface area (Å²) in [6.07, 6.45) is 3.50. The number of thioether (sulfide) groups is 1. The third-order valence-electron chi connectivity index (χ3n) is 3.27. The van der Waals surface area contributed by atoms with Crippen molar-refractivity contribution in [1.29, 1.82) is 0 Å². The molecule has 0 saturated carbocycles. The summed E-state index contributed by atoms with van der Waals surface area (Å²) in [5, 5.41) is 3.80. The Labute approximate surface area is 155 Å². The van der Waals surface area contributed by atoms with E-state index in [2.05, 4.69) is 16.9 Å². The van der Waals surface area contributed by atoms with E-state index in [9.17, 15) is 4.79 Å². The highest BCUT2D eigenvalue weighted by molar-refractivity contribution is 8.18. The number of aliphatic imine (C=N–C) groups is 1. The highest BCUT2D eigenvalue weighted by Gasteiger charge is 2.23. The van der Waals surface area contributed by atoms with E-state index in [1.54, 1.807) is 18.2 Å². The van der Waals surface area contributed by atoms with E-state index >= 15 is 0 Å². The van der Waals surface area contributed by atoms with E-state index in [-0.39, 0.29) is 5.91 Å². The summed E-state index contributed by atoms with van der Waals surface area (Å²) in [4.78, 5) is 17.1. The Balaban J connectivity index is 1.75. The SMILES string of the molecule is C=CCOc1ccc(C=C2SC(=Nc3ccccc3Cl)NC2=O)cc1. The Morgan fingerprint density at radius 2 is 1.96 bits per heavy atom. The lowest BCUT2D eigenvalue weighted by Crippen LogP contribution is -2.19. The van der Waals surface area contributed by atoms with Crippen LogP contribution < -0.4 is 10.1 Å². The average Bonchev–Trinajstić information content (AvgIpc) is 2.95. The Bertz CT molecular complexity index is 860. The molecule has 1 saturated heterocycles. The number of carbonyl (C=O) groups is 1. The van der Waals surface area contributed by atoms with E-state index < -0.39 is 0 Å². The van der Waals surface area contributed by atoms with Gasteiger partial charge in [0.05, 0.1) is 15.6 Å². The minimum Gasteiger partial charge on any atom is -0.490 e. The summed E-state index contributed by atoms with van der Waals surface area (Å²) in [5.74, 6) is 0.578. The van der Waals surface area contributed by atoms with Gasteiger partial charge in [0.1, 0.15) is 12.4 Å². The summed E-state index contributed by atoms with van der Waals surface area (Å²) in [6.45, 7) is 4.07. The Morgan fingerprint density at radius 1 is 1.20 bits per heavy atom. The first kappa shape index (κ1) is 17.3. The van der Waals surface area contributed by atoms with Crippen LogP contribution in [0.5, 0.6) is 5.75 Å². The number of benzene rings is 2. The Kier molecular flexibility index (Phi) is 5.58. The number of amidine groups is 1. The van der Waals surface area contributed by atoms with Crippen molar-refractivity contribution in [2.45, 2.75) is 0 Å². The molecule has 6 heteroatoms. The van der Waals surface area contributed by atoms with E-state index in [1.165, 1.54) is 11.8 Å². The van der Waals surface area contributed by atoms with Crippen LogP contribution in [0.25, 0.3) is 6.08 Å². The maximum absolute atomic E-state index is 12.1. The molecule has 0 unspecified atom stereocenters. The van der Waals surface area contributed by atoms with Gasteiger partial charge in [-0.2, -0.15) is 0 Å². The quantitative estimate of drug-likeness (QED) is 0.607. The van der Waals surface area contributed by atoms with Gasteiger partial charge in [-0.05, 0) is 47.7 Å². The first-order valence-electron chi connectivity index (χ1n) is 7.53. The van der Waals surface area contributed by atoms with E-state index in [4.69, 9.17) is 16.3 Å². The minimum absolute atomic E-state index is 0.178. The molecule has 4 nitrogen and oxygen atoms in total. The molecule has 1 amide bonds. The van der Waals surface area contributed by atoms with Crippen LogP contribution in [0.2, 0.25) is 5.02 Å². The number of hydrogen-bond donors (Lipinski definition) is 1. The second-order valence-corrected chi connectivity index (χ2v) is 6.54. The van der Waals surface area contributed by atoms with Gasteiger partial charge in [-0.3, -0.25) is 4.79 Å². The summed E-state index contributed by atoms with van der Waals surface area (Å²) >= 11 is 7.38. The average molecular weight is 371 g/mol. The molecule has 0 spiro atoms. The molecule has 126 valence electrons. The molecule has 0 bridgehead atoms. The van der Waals surface area contributed by atoms with Crippen molar-refractivity contribution in [3.63, 3.8) is 0 Å². The lowest BCUT2D eigenvalue weighted by molar-refractivity contribution is -0.115. The molecule has 1 aliphatic rings. The van der Waals surface area contributed by atoms with Gasteiger partial charge in [0.15, 0.2) is 5.17 Å². The van der Waals surface area contributed by atoms with Crippen LogP contribution >= 0.6 is 23.4 Å². The predicted octanol–water partition coefficient (Wildman–Crippen LogP) is 4.80. The first-order chi connectivity index (χ1) is 12.2. The van der Waals surface area contributed by atoms with Crippen LogP contribution in [0.1, 0.15) is 5.56 Å². The molecular formula is C19H15ClN2O2S. The van der Waals surface area contributed by atoms with E-state index in [0.29, 0.717) is 27.4 Å². The minimum atomic E-state index is -0.178. The molecule has 0 aliphatic carbocycles. The van der Waals surface area contributed by atoms with E-state index in [1.807, 2.05) is 42.5 Å². The van der Waals surface area contributed by atoms with Crippen LogP contribution in [0.4, 0.5) is 5.69 Å². The topological polar surface area (TPSA) is 50.7 Å².